The highest BCUT2D eigenvalue weighted by Gasteiger charge is 2.37. The zero-order valence-electron chi connectivity index (χ0n) is 18.0. The number of carbonyl (C=O) groups excluding carboxylic acids is 4. The number of Topliss-reactive ketones (excluding diaryl/α,β-unsaturated/α-hetero) is 1. The number of carbonyl (C=O) groups is 4. The minimum absolute atomic E-state index is 0.0931. The molecule has 0 radical (unpaired) electrons. The SMILES string of the molecule is C[C@H]1CC(=O)N2CCC[C@H]2C(=O)N[C@H](C(=O)C(=O)NC2CC2)CCCCCCCO1. The van der Waals surface area contributed by atoms with Gasteiger partial charge in [-0.15, -0.1) is 0 Å². The van der Waals surface area contributed by atoms with Crippen LogP contribution in [-0.2, 0) is 23.9 Å². The Labute approximate surface area is 178 Å². The van der Waals surface area contributed by atoms with Crippen LogP contribution in [0, 0.1) is 0 Å². The van der Waals surface area contributed by atoms with Crippen molar-refractivity contribution in [2.24, 2.45) is 0 Å². The maximum atomic E-state index is 13.0. The Morgan fingerprint density at radius 1 is 1.00 bits per heavy atom. The van der Waals surface area contributed by atoms with Gasteiger partial charge in [-0.25, -0.2) is 0 Å². The van der Waals surface area contributed by atoms with Crippen molar-refractivity contribution in [3.8, 4) is 0 Å². The number of ether oxygens (including phenoxy) is 1. The topological polar surface area (TPSA) is 105 Å². The molecule has 2 saturated heterocycles. The molecule has 3 atom stereocenters. The van der Waals surface area contributed by atoms with Crippen LogP contribution in [0.4, 0.5) is 0 Å². The summed E-state index contributed by atoms with van der Waals surface area (Å²) in [5.74, 6) is -1.61. The van der Waals surface area contributed by atoms with Gasteiger partial charge >= 0.3 is 0 Å². The van der Waals surface area contributed by atoms with Crippen LogP contribution in [0.15, 0.2) is 0 Å². The molecule has 0 aromatic carbocycles. The standard InChI is InChI=1S/C22H35N3O5/c1-15-14-19(26)25-12-7-9-18(25)21(28)24-17(8-5-3-2-4-6-13-30-15)20(27)22(29)23-16-10-11-16/h15-18H,2-14H2,1H3,(H,23,29)(H,24,28)/t15-,17-,18-/m0/s1. The lowest BCUT2D eigenvalue weighted by atomic mass is 10.0. The Hall–Kier alpha value is -1.96. The lowest BCUT2D eigenvalue weighted by Crippen LogP contribution is -2.53. The monoisotopic (exact) mass is 421 g/mol. The molecule has 2 heterocycles. The molecule has 3 fully saturated rings. The summed E-state index contributed by atoms with van der Waals surface area (Å²) >= 11 is 0. The normalized spacial score (nSPS) is 29.8. The second-order valence-corrected chi connectivity index (χ2v) is 8.86. The van der Waals surface area contributed by atoms with E-state index in [-0.39, 0.29) is 30.4 Å². The molecule has 1 saturated carbocycles. The van der Waals surface area contributed by atoms with E-state index in [4.69, 9.17) is 4.74 Å². The van der Waals surface area contributed by atoms with Crippen molar-refractivity contribution in [2.45, 2.75) is 102 Å². The molecule has 30 heavy (non-hydrogen) atoms. The van der Waals surface area contributed by atoms with Crippen LogP contribution < -0.4 is 10.6 Å². The molecule has 3 amide bonds. The van der Waals surface area contributed by atoms with Crippen LogP contribution in [0.5, 0.6) is 0 Å². The third kappa shape index (κ3) is 6.52. The van der Waals surface area contributed by atoms with Gasteiger partial charge in [-0.2, -0.15) is 0 Å². The molecule has 8 nitrogen and oxygen atoms in total. The van der Waals surface area contributed by atoms with Crippen molar-refractivity contribution in [2.75, 3.05) is 13.2 Å². The van der Waals surface area contributed by atoms with Crippen LogP contribution in [0.25, 0.3) is 0 Å². The number of fused-ring (bicyclic) bond motifs is 1. The smallest absolute Gasteiger partial charge is 0.289 e. The van der Waals surface area contributed by atoms with Gasteiger partial charge in [-0.3, -0.25) is 19.2 Å². The summed E-state index contributed by atoms with van der Waals surface area (Å²) in [4.78, 5) is 52.3. The number of hydrogen-bond acceptors (Lipinski definition) is 5. The van der Waals surface area contributed by atoms with Gasteiger partial charge in [-0.1, -0.05) is 25.7 Å². The van der Waals surface area contributed by atoms with Crippen molar-refractivity contribution in [1.82, 2.24) is 15.5 Å². The van der Waals surface area contributed by atoms with Crippen molar-refractivity contribution in [3.05, 3.63) is 0 Å². The zero-order valence-corrected chi connectivity index (χ0v) is 18.0. The first-order valence-corrected chi connectivity index (χ1v) is 11.5. The first-order chi connectivity index (χ1) is 14.5. The summed E-state index contributed by atoms with van der Waals surface area (Å²) in [7, 11) is 0. The molecule has 0 aromatic rings. The second kappa shape index (κ2) is 10.9. The molecule has 8 heteroatoms. The molecule has 2 N–H and O–H groups in total. The third-order valence-electron chi connectivity index (χ3n) is 6.15. The fourth-order valence-corrected chi connectivity index (χ4v) is 4.20. The fourth-order valence-electron chi connectivity index (χ4n) is 4.20. The van der Waals surface area contributed by atoms with Gasteiger partial charge < -0.3 is 20.3 Å². The quantitative estimate of drug-likeness (QED) is 0.672. The maximum Gasteiger partial charge on any atom is 0.289 e. The highest BCUT2D eigenvalue weighted by molar-refractivity contribution is 6.38. The van der Waals surface area contributed by atoms with E-state index in [1.807, 2.05) is 6.92 Å². The highest BCUT2D eigenvalue weighted by atomic mass is 16.5. The lowest BCUT2D eigenvalue weighted by molar-refractivity contribution is -0.143. The fraction of sp³-hybridized carbons (Fsp3) is 0.818. The number of rotatable bonds is 3. The number of nitrogens with zero attached hydrogens (tertiary/aromatic N) is 1. The van der Waals surface area contributed by atoms with Crippen molar-refractivity contribution >= 4 is 23.5 Å². The average molecular weight is 422 g/mol. The molecule has 0 bridgehead atoms. The average Bonchev–Trinajstić information content (AvgIpc) is 3.38. The lowest BCUT2D eigenvalue weighted by Gasteiger charge is -2.27. The molecular formula is C22H35N3O5. The van der Waals surface area contributed by atoms with Crippen LogP contribution in [0.3, 0.4) is 0 Å². The Kier molecular flexibility index (Phi) is 8.24. The molecule has 1 aliphatic carbocycles. The van der Waals surface area contributed by atoms with E-state index in [1.165, 1.54) is 0 Å². The highest BCUT2D eigenvalue weighted by Crippen LogP contribution is 2.21. The predicted octanol–water partition coefficient (Wildman–Crippen LogP) is 1.46. The first kappa shape index (κ1) is 22.7. The Balaban J connectivity index is 1.68. The minimum Gasteiger partial charge on any atom is -0.378 e. The van der Waals surface area contributed by atoms with Gasteiger partial charge in [0.15, 0.2) is 0 Å². The molecule has 0 aromatic heterocycles. The summed E-state index contributed by atoms with van der Waals surface area (Å²) < 4.78 is 5.76. The maximum absolute atomic E-state index is 13.0. The summed E-state index contributed by atoms with van der Waals surface area (Å²) in [6.45, 7) is 3.05. The third-order valence-corrected chi connectivity index (χ3v) is 6.15. The number of hydrogen-bond donors (Lipinski definition) is 2. The summed E-state index contributed by atoms with van der Waals surface area (Å²) in [6, 6.07) is -1.32. The number of amides is 3. The molecule has 168 valence electrons. The van der Waals surface area contributed by atoms with Crippen LogP contribution in [0.1, 0.15) is 77.6 Å². The van der Waals surface area contributed by atoms with E-state index >= 15 is 0 Å². The zero-order chi connectivity index (χ0) is 21.5. The van der Waals surface area contributed by atoms with E-state index in [9.17, 15) is 19.2 Å². The van der Waals surface area contributed by atoms with E-state index in [0.29, 0.717) is 26.0 Å². The van der Waals surface area contributed by atoms with Crippen molar-refractivity contribution in [3.63, 3.8) is 0 Å². The van der Waals surface area contributed by atoms with Gasteiger partial charge in [0, 0.05) is 19.2 Å². The minimum atomic E-state index is -0.830. The predicted molar refractivity (Wildman–Crippen MR) is 111 cm³/mol. The van der Waals surface area contributed by atoms with Gasteiger partial charge in [0.25, 0.3) is 5.91 Å². The van der Waals surface area contributed by atoms with E-state index in [0.717, 1.165) is 51.4 Å². The van der Waals surface area contributed by atoms with E-state index in [1.54, 1.807) is 4.90 Å². The molecular weight excluding hydrogens is 386 g/mol. The van der Waals surface area contributed by atoms with Gasteiger partial charge in [-0.05, 0) is 45.4 Å². The molecule has 0 unspecified atom stereocenters. The van der Waals surface area contributed by atoms with Gasteiger partial charge in [0.2, 0.25) is 17.6 Å². The van der Waals surface area contributed by atoms with Crippen LogP contribution in [-0.4, -0.2) is 65.8 Å². The van der Waals surface area contributed by atoms with Gasteiger partial charge in [0.05, 0.1) is 18.6 Å². The molecule has 3 rings (SSSR count). The molecule has 2 aliphatic heterocycles. The molecule has 0 spiro atoms. The Bertz CT molecular complexity index is 649. The van der Waals surface area contributed by atoms with Crippen LogP contribution in [0.2, 0.25) is 0 Å². The van der Waals surface area contributed by atoms with Crippen LogP contribution >= 0.6 is 0 Å². The first-order valence-electron chi connectivity index (χ1n) is 11.5. The van der Waals surface area contributed by atoms with E-state index < -0.39 is 23.8 Å². The number of nitrogens with one attached hydrogen (secondary N) is 2. The summed E-state index contributed by atoms with van der Waals surface area (Å²) in [6.07, 6.45) is 8.29. The largest absolute Gasteiger partial charge is 0.378 e. The van der Waals surface area contributed by atoms with Crippen molar-refractivity contribution < 1.29 is 23.9 Å². The molecule has 3 aliphatic rings. The summed E-state index contributed by atoms with van der Waals surface area (Å²) in [5.41, 5.74) is 0. The Morgan fingerprint density at radius 2 is 1.73 bits per heavy atom. The van der Waals surface area contributed by atoms with Gasteiger partial charge in [0.1, 0.15) is 6.04 Å². The van der Waals surface area contributed by atoms with E-state index in [2.05, 4.69) is 10.6 Å². The summed E-state index contributed by atoms with van der Waals surface area (Å²) in [5, 5.41) is 5.53. The second-order valence-electron chi connectivity index (χ2n) is 8.86. The van der Waals surface area contributed by atoms with Crippen molar-refractivity contribution in [1.29, 1.82) is 0 Å². The Morgan fingerprint density at radius 3 is 2.50 bits per heavy atom. The number of ketones is 1.